The highest BCUT2D eigenvalue weighted by molar-refractivity contribution is 6.29. The fourth-order valence-corrected chi connectivity index (χ4v) is 2.99. The van der Waals surface area contributed by atoms with Crippen LogP contribution in [0.4, 0.5) is 0 Å². The van der Waals surface area contributed by atoms with Gasteiger partial charge in [-0.05, 0) is 24.1 Å². The third kappa shape index (κ3) is 3.25. The molecule has 3 rings (SSSR count). The Morgan fingerprint density at radius 1 is 0.962 bits per heavy atom. The summed E-state index contributed by atoms with van der Waals surface area (Å²) in [6, 6.07) is 14.5. The minimum absolute atomic E-state index is 0.0375. The maximum atomic E-state index is 12.9. The first-order valence-corrected chi connectivity index (χ1v) is 8.36. The zero-order valence-electron chi connectivity index (χ0n) is 14.7. The highest BCUT2D eigenvalue weighted by Crippen LogP contribution is 2.32. The Bertz CT molecular complexity index is 960. The van der Waals surface area contributed by atoms with Crippen molar-refractivity contribution < 1.29 is 14.7 Å². The molecular weight excluding hydrogens is 326 g/mol. The number of carbonyl (C=O) groups excluding carboxylic acids is 2. The summed E-state index contributed by atoms with van der Waals surface area (Å²) in [5, 5.41) is 10.1. The molecule has 0 amide bonds. The first-order valence-electron chi connectivity index (χ1n) is 8.36. The van der Waals surface area contributed by atoms with Crippen LogP contribution >= 0.6 is 0 Å². The van der Waals surface area contributed by atoms with Crippen LogP contribution < -0.4 is 0 Å². The number of hydrogen-bond donors (Lipinski definition) is 1. The maximum absolute atomic E-state index is 12.9. The van der Waals surface area contributed by atoms with E-state index in [1.807, 2.05) is 30.3 Å². The molecule has 1 aliphatic carbocycles. The van der Waals surface area contributed by atoms with Gasteiger partial charge in [0.25, 0.3) is 0 Å². The van der Waals surface area contributed by atoms with Gasteiger partial charge >= 0.3 is 0 Å². The average molecular weight is 345 g/mol. The van der Waals surface area contributed by atoms with E-state index in [2.05, 4.69) is 11.8 Å². The minimum Gasteiger partial charge on any atom is -0.507 e. The van der Waals surface area contributed by atoms with E-state index in [9.17, 15) is 14.7 Å². The fourth-order valence-electron chi connectivity index (χ4n) is 2.99. The molecule has 0 saturated carbocycles. The van der Waals surface area contributed by atoms with Crippen LogP contribution in [0.2, 0.25) is 0 Å². The highest BCUT2D eigenvalue weighted by atomic mass is 16.3. The topological polar surface area (TPSA) is 57.6 Å². The van der Waals surface area contributed by atoms with E-state index in [0.717, 1.165) is 12.0 Å². The zero-order chi connectivity index (χ0) is 18.7. The molecule has 4 nitrogen and oxygen atoms in total. The van der Waals surface area contributed by atoms with Gasteiger partial charge in [-0.1, -0.05) is 48.2 Å². The molecule has 0 unspecified atom stereocenters. The van der Waals surface area contributed by atoms with Crippen LogP contribution in [-0.2, 0) is 6.42 Å². The molecule has 0 heterocycles. The van der Waals surface area contributed by atoms with Gasteiger partial charge in [0.05, 0.1) is 5.56 Å². The van der Waals surface area contributed by atoms with Crippen molar-refractivity contribution in [2.75, 3.05) is 14.1 Å². The second kappa shape index (κ2) is 7.28. The number of aryl methyl sites for hydroxylation is 1. The number of aromatic hydroxyl groups is 1. The summed E-state index contributed by atoms with van der Waals surface area (Å²) in [7, 11) is 3.42. The summed E-state index contributed by atoms with van der Waals surface area (Å²) in [5.41, 5.74) is 1.82. The van der Waals surface area contributed by atoms with Gasteiger partial charge < -0.3 is 10.0 Å². The number of rotatable bonds is 3. The van der Waals surface area contributed by atoms with Gasteiger partial charge in [0.2, 0.25) is 11.6 Å². The van der Waals surface area contributed by atoms with Crippen LogP contribution in [0.15, 0.2) is 59.8 Å². The molecular formula is C22H19NO3. The van der Waals surface area contributed by atoms with Gasteiger partial charge in [0.1, 0.15) is 17.0 Å². The summed E-state index contributed by atoms with van der Waals surface area (Å²) in [6.45, 7) is 0. The molecule has 2 aromatic carbocycles. The van der Waals surface area contributed by atoms with Crippen LogP contribution in [0, 0.1) is 11.8 Å². The van der Waals surface area contributed by atoms with Gasteiger partial charge in [-0.25, -0.2) is 0 Å². The summed E-state index contributed by atoms with van der Waals surface area (Å²) in [4.78, 5) is 27.3. The number of Topliss-reactive ketones (excluding diaryl/α,β-unsaturated/α-hetero) is 2. The Kier molecular flexibility index (Phi) is 4.90. The Morgan fingerprint density at radius 2 is 1.69 bits per heavy atom. The number of ketones is 2. The predicted octanol–water partition coefficient (Wildman–Crippen LogP) is 3.22. The largest absolute Gasteiger partial charge is 0.507 e. The number of carbonyl (C=O) groups is 2. The average Bonchev–Trinajstić information content (AvgIpc) is 2.63. The molecule has 0 saturated heterocycles. The van der Waals surface area contributed by atoms with E-state index in [-0.39, 0.29) is 33.9 Å². The smallest absolute Gasteiger partial charge is 0.211 e. The van der Waals surface area contributed by atoms with Crippen molar-refractivity contribution >= 4 is 11.6 Å². The third-order valence-electron chi connectivity index (χ3n) is 4.24. The third-order valence-corrected chi connectivity index (χ3v) is 4.24. The lowest BCUT2D eigenvalue weighted by Gasteiger charge is -2.23. The second-order valence-corrected chi connectivity index (χ2v) is 6.26. The van der Waals surface area contributed by atoms with Crippen molar-refractivity contribution in [2.24, 2.45) is 0 Å². The number of fused-ring (bicyclic) bond motifs is 1. The SMILES string of the molecule is CN(C)C1=C(C#CCCc2ccccc2)C(=O)c2c(O)cccc2C1=O. The molecule has 0 spiro atoms. The van der Waals surface area contributed by atoms with Crippen molar-refractivity contribution in [1.82, 2.24) is 4.90 Å². The van der Waals surface area contributed by atoms with E-state index < -0.39 is 5.78 Å². The number of allylic oxidation sites excluding steroid dienone is 2. The van der Waals surface area contributed by atoms with Crippen molar-refractivity contribution in [3.63, 3.8) is 0 Å². The van der Waals surface area contributed by atoms with E-state index in [0.29, 0.717) is 6.42 Å². The van der Waals surface area contributed by atoms with Crippen molar-refractivity contribution in [3.05, 3.63) is 76.5 Å². The Morgan fingerprint density at radius 3 is 2.38 bits per heavy atom. The first kappa shape index (κ1) is 17.5. The molecule has 0 fully saturated rings. The number of phenolic OH excluding ortho intramolecular Hbond substituents is 1. The van der Waals surface area contributed by atoms with Crippen LogP contribution in [-0.4, -0.2) is 35.7 Å². The summed E-state index contributed by atoms with van der Waals surface area (Å²) in [5.74, 6) is 4.98. The van der Waals surface area contributed by atoms with Crippen LogP contribution in [0.3, 0.4) is 0 Å². The van der Waals surface area contributed by atoms with Gasteiger partial charge in [0, 0.05) is 26.1 Å². The molecule has 0 bridgehead atoms. The number of phenols is 1. The predicted molar refractivity (Wildman–Crippen MR) is 100 cm³/mol. The molecule has 0 atom stereocenters. The maximum Gasteiger partial charge on any atom is 0.211 e. The van der Waals surface area contributed by atoms with Gasteiger partial charge in [-0.15, -0.1) is 0 Å². The van der Waals surface area contributed by atoms with Crippen LogP contribution in [0.25, 0.3) is 0 Å². The van der Waals surface area contributed by atoms with Crippen LogP contribution in [0.1, 0.15) is 32.7 Å². The van der Waals surface area contributed by atoms with Crippen molar-refractivity contribution in [2.45, 2.75) is 12.8 Å². The quantitative estimate of drug-likeness (QED) is 0.868. The lowest BCUT2D eigenvalue weighted by molar-refractivity contribution is 0.0954. The monoisotopic (exact) mass is 345 g/mol. The molecule has 0 radical (unpaired) electrons. The van der Waals surface area contributed by atoms with E-state index in [1.54, 1.807) is 31.1 Å². The first-order chi connectivity index (χ1) is 12.5. The molecule has 2 aromatic rings. The number of benzene rings is 2. The highest BCUT2D eigenvalue weighted by Gasteiger charge is 2.34. The summed E-state index contributed by atoms with van der Waals surface area (Å²) in [6.07, 6.45) is 1.34. The van der Waals surface area contributed by atoms with Gasteiger partial charge in [-0.3, -0.25) is 9.59 Å². The molecule has 4 heteroatoms. The van der Waals surface area contributed by atoms with Gasteiger partial charge in [-0.2, -0.15) is 0 Å². The molecule has 0 aromatic heterocycles. The number of nitrogens with zero attached hydrogens (tertiary/aromatic N) is 1. The van der Waals surface area contributed by atoms with E-state index in [4.69, 9.17) is 0 Å². The number of hydrogen-bond acceptors (Lipinski definition) is 4. The van der Waals surface area contributed by atoms with Crippen molar-refractivity contribution in [3.8, 4) is 17.6 Å². The van der Waals surface area contributed by atoms with E-state index in [1.165, 1.54) is 6.07 Å². The fraction of sp³-hybridized carbons (Fsp3) is 0.182. The standard InChI is InChI=1S/C22H19NO3/c1-23(2)20-17(12-7-6-11-15-9-4-3-5-10-15)21(25)19-16(22(20)26)13-8-14-18(19)24/h3-5,8-10,13-14,24H,6,11H2,1-2H3. The Balaban J connectivity index is 1.94. The number of likely N-dealkylation sites (N-methyl/N-ethyl adjacent to an activating group) is 1. The molecule has 26 heavy (non-hydrogen) atoms. The Labute approximate surface area is 152 Å². The lowest BCUT2D eigenvalue weighted by Crippen LogP contribution is -2.29. The second-order valence-electron chi connectivity index (χ2n) is 6.26. The Hall–Kier alpha value is -3.32. The van der Waals surface area contributed by atoms with Crippen molar-refractivity contribution in [1.29, 1.82) is 0 Å². The van der Waals surface area contributed by atoms with Gasteiger partial charge in [0.15, 0.2) is 0 Å². The molecule has 1 N–H and O–H groups in total. The van der Waals surface area contributed by atoms with E-state index >= 15 is 0 Å². The molecule has 130 valence electrons. The minimum atomic E-state index is -0.409. The van der Waals surface area contributed by atoms with Crippen LogP contribution in [0.5, 0.6) is 5.75 Å². The normalized spacial score (nSPS) is 13.2. The zero-order valence-corrected chi connectivity index (χ0v) is 14.7. The molecule has 1 aliphatic rings. The lowest BCUT2D eigenvalue weighted by atomic mass is 9.86. The summed E-state index contributed by atoms with van der Waals surface area (Å²) < 4.78 is 0. The molecule has 0 aliphatic heterocycles. The summed E-state index contributed by atoms with van der Waals surface area (Å²) >= 11 is 0.